The summed E-state index contributed by atoms with van der Waals surface area (Å²) in [7, 11) is 3.14. The van der Waals surface area contributed by atoms with Gasteiger partial charge < -0.3 is 20.3 Å². The zero-order valence-electron chi connectivity index (χ0n) is 20.1. The number of nitrogens with one attached hydrogen (secondary N) is 2. The summed E-state index contributed by atoms with van der Waals surface area (Å²) in [6.45, 7) is 1.99. The van der Waals surface area contributed by atoms with Crippen LogP contribution in [-0.4, -0.2) is 31.9 Å². The van der Waals surface area contributed by atoms with Gasteiger partial charge in [-0.05, 0) is 49.7 Å². The topological polar surface area (TPSA) is 87.7 Å². The summed E-state index contributed by atoms with van der Waals surface area (Å²) >= 11 is 0. The zero-order chi connectivity index (χ0) is 24.9. The monoisotopic (exact) mass is 471 g/mol. The zero-order valence-corrected chi connectivity index (χ0v) is 20.1. The molecule has 0 aliphatic carbocycles. The Morgan fingerprint density at radius 3 is 2.46 bits per heavy atom. The number of hydrogen-bond acceptors (Lipinski definition) is 4. The fourth-order valence-electron chi connectivity index (χ4n) is 4.56. The van der Waals surface area contributed by atoms with E-state index in [2.05, 4.69) is 10.6 Å². The number of anilines is 2. The van der Waals surface area contributed by atoms with Crippen LogP contribution >= 0.6 is 0 Å². The standard InChI is InChI=1S/C28H29N3O4/c1-18-11-13-21(14-12-18)31-25(32)16-15-23(26(31)22-9-4-5-10-24(22)35-3)28(34)30-20-8-6-7-19(17-20)27(33)29-2/h4-14,17,23,26H,15-16H2,1-3H3,(H,29,33)(H,30,34). The van der Waals surface area contributed by atoms with E-state index in [0.29, 0.717) is 23.4 Å². The quantitative estimate of drug-likeness (QED) is 0.555. The molecule has 0 spiro atoms. The minimum Gasteiger partial charge on any atom is -0.496 e. The first-order valence-electron chi connectivity index (χ1n) is 11.6. The number of para-hydroxylation sites is 1. The smallest absolute Gasteiger partial charge is 0.251 e. The van der Waals surface area contributed by atoms with Crippen LogP contribution < -0.4 is 20.3 Å². The molecule has 7 nitrogen and oxygen atoms in total. The van der Waals surface area contributed by atoms with Crippen LogP contribution in [0.4, 0.5) is 11.4 Å². The second-order valence-corrected chi connectivity index (χ2v) is 8.58. The molecule has 0 saturated carbocycles. The Labute approximate surface area is 205 Å². The van der Waals surface area contributed by atoms with E-state index in [0.717, 1.165) is 16.8 Å². The first-order valence-corrected chi connectivity index (χ1v) is 11.6. The molecule has 3 aromatic rings. The summed E-state index contributed by atoms with van der Waals surface area (Å²) in [4.78, 5) is 40.7. The van der Waals surface area contributed by atoms with Crippen LogP contribution in [-0.2, 0) is 9.59 Å². The van der Waals surface area contributed by atoms with Crippen molar-refractivity contribution < 1.29 is 19.1 Å². The summed E-state index contributed by atoms with van der Waals surface area (Å²) < 4.78 is 5.62. The molecule has 3 amide bonds. The van der Waals surface area contributed by atoms with E-state index in [1.54, 1.807) is 43.3 Å². The number of piperidine rings is 1. The van der Waals surface area contributed by atoms with Gasteiger partial charge in [0.25, 0.3) is 5.91 Å². The van der Waals surface area contributed by atoms with Gasteiger partial charge in [-0.1, -0.05) is 42.0 Å². The Hall–Kier alpha value is -4.13. The molecule has 1 saturated heterocycles. The Morgan fingerprint density at radius 2 is 1.74 bits per heavy atom. The molecule has 2 unspecified atom stereocenters. The van der Waals surface area contributed by atoms with Crippen LogP contribution in [0.25, 0.3) is 0 Å². The average Bonchev–Trinajstić information content (AvgIpc) is 2.88. The second-order valence-electron chi connectivity index (χ2n) is 8.58. The summed E-state index contributed by atoms with van der Waals surface area (Å²) in [5, 5.41) is 5.56. The van der Waals surface area contributed by atoms with Gasteiger partial charge >= 0.3 is 0 Å². The Bertz CT molecular complexity index is 1240. The molecule has 180 valence electrons. The minimum absolute atomic E-state index is 0.0459. The highest BCUT2D eigenvalue weighted by atomic mass is 16.5. The SMILES string of the molecule is CNC(=O)c1cccc(NC(=O)C2CCC(=O)N(c3ccc(C)cc3)C2c2ccccc2OC)c1. The molecule has 3 aromatic carbocycles. The summed E-state index contributed by atoms with van der Waals surface area (Å²) in [6, 6.07) is 21.4. The molecule has 0 radical (unpaired) electrons. The molecular weight excluding hydrogens is 442 g/mol. The number of hydrogen-bond donors (Lipinski definition) is 2. The molecule has 1 heterocycles. The molecule has 1 aliphatic heterocycles. The van der Waals surface area contributed by atoms with Gasteiger partial charge in [0.1, 0.15) is 5.75 Å². The lowest BCUT2D eigenvalue weighted by molar-refractivity contribution is -0.126. The van der Waals surface area contributed by atoms with Crippen LogP contribution in [0.2, 0.25) is 0 Å². The van der Waals surface area contributed by atoms with Gasteiger partial charge in [-0.15, -0.1) is 0 Å². The first-order chi connectivity index (χ1) is 16.9. The Morgan fingerprint density at radius 1 is 1.00 bits per heavy atom. The van der Waals surface area contributed by atoms with Crippen molar-refractivity contribution in [2.24, 2.45) is 5.92 Å². The van der Waals surface area contributed by atoms with Gasteiger partial charge in [-0.2, -0.15) is 0 Å². The van der Waals surface area contributed by atoms with E-state index >= 15 is 0 Å². The summed E-state index contributed by atoms with van der Waals surface area (Å²) in [5.74, 6) is -0.422. The van der Waals surface area contributed by atoms with Crippen LogP contribution in [0.15, 0.2) is 72.8 Å². The number of ether oxygens (including phenoxy) is 1. The molecule has 2 atom stereocenters. The molecule has 35 heavy (non-hydrogen) atoms. The van der Waals surface area contributed by atoms with Gasteiger partial charge in [-0.25, -0.2) is 0 Å². The largest absolute Gasteiger partial charge is 0.496 e. The minimum atomic E-state index is -0.558. The van der Waals surface area contributed by atoms with Crippen molar-refractivity contribution >= 4 is 29.1 Å². The normalized spacial score (nSPS) is 17.6. The molecule has 0 bridgehead atoms. The van der Waals surface area contributed by atoms with Gasteiger partial charge in [0.15, 0.2) is 0 Å². The van der Waals surface area contributed by atoms with Crippen molar-refractivity contribution in [2.45, 2.75) is 25.8 Å². The van der Waals surface area contributed by atoms with E-state index in [4.69, 9.17) is 4.74 Å². The van der Waals surface area contributed by atoms with Gasteiger partial charge in [-0.3, -0.25) is 14.4 Å². The molecule has 1 aliphatic rings. The fraction of sp³-hybridized carbons (Fsp3) is 0.250. The lowest BCUT2D eigenvalue weighted by atomic mass is 9.82. The van der Waals surface area contributed by atoms with Gasteiger partial charge in [0, 0.05) is 36.0 Å². The third kappa shape index (κ3) is 5.04. The van der Waals surface area contributed by atoms with Crippen LogP contribution in [0.1, 0.15) is 40.4 Å². The van der Waals surface area contributed by atoms with E-state index in [1.165, 1.54) is 0 Å². The number of methoxy groups -OCH3 is 1. The fourth-order valence-corrected chi connectivity index (χ4v) is 4.56. The Balaban J connectivity index is 1.74. The van der Waals surface area contributed by atoms with E-state index < -0.39 is 12.0 Å². The van der Waals surface area contributed by atoms with E-state index in [-0.39, 0.29) is 24.1 Å². The highest BCUT2D eigenvalue weighted by molar-refractivity contribution is 6.01. The molecule has 0 aromatic heterocycles. The van der Waals surface area contributed by atoms with Crippen molar-refractivity contribution in [3.8, 4) is 5.75 Å². The molecule has 7 heteroatoms. The number of aryl methyl sites for hydroxylation is 1. The number of rotatable bonds is 6. The van der Waals surface area contributed by atoms with Gasteiger partial charge in [0.2, 0.25) is 11.8 Å². The van der Waals surface area contributed by atoms with Crippen molar-refractivity contribution in [3.05, 3.63) is 89.5 Å². The number of nitrogens with zero attached hydrogens (tertiary/aromatic N) is 1. The molecule has 4 rings (SSSR count). The highest BCUT2D eigenvalue weighted by Gasteiger charge is 2.42. The number of amides is 3. The van der Waals surface area contributed by atoms with Crippen LogP contribution in [0.3, 0.4) is 0 Å². The maximum atomic E-state index is 13.6. The highest BCUT2D eigenvalue weighted by Crippen LogP contribution is 2.43. The number of benzene rings is 3. The summed E-state index contributed by atoms with van der Waals surface area (Å²) in [6.07, 6.45) is 0.640. The molecule has 2 N–H and O–H groups in total. The average molecular weight is 472 g/mol. The third-order valence-corrected chi connectivity index (χ3v) is 6.32. The van der Waals surface area contributed by atoms with E-state index in [9.17, 15) is 14.4 Å². The first kappa shape index (κ1) is 24.0. The second kappa shape index (κ2) is 10.4. The van der Waals surface area contributed by atoms with Crippen molar-refractivity contribution in [1.29, 1.82) is 0 Å². The van der Waals surface area contributed by atoms with Gasteiger partial charge in [0.05, 0.1) is 19.1 Å². The van der Waals surface area contributed by atoms with Crippen molar-refractivity contribution in [3.63, 3.8) is 0 Å². The lowest BCUT2D eigenvalue weighted by Gasteiger charge is -2.41. The Kier molecular flexibility index (Phi) is 7.15. The van der Waals surface area contributed by atoms with Crippen molar-refractivity contribution in [2.75, 3.05) is 24.4 Å². The molecule has 1 fully saturated rings. The predicted octanol–water partition coefficient (Wildman–Crippen LogP) is 4.49. The van der Waals surface area contributed by atoms with Crippen LogP contribution in [0, 0.1) is 12.8 Å². The van der Waals surface area contributed by atoms with Crippen LogP contribution in [0.5, 0.6) is 5.75 Å². The van der Waals surface area contributed by atoms with E-state index in [1.807, 2.05) is 55.5 Å². The number of carbonyl (C=O) groups is 3. The maximum Gasteiger partial charge on any atom is 0.251 e. The maximum absolute atomic E-state index is 13.6. The molecular formula is C28H29N3O4. The third-order valence-electron chi connectivity index (χ3n) is 6.32. The lowest BCUT2D eigenvalue weighted by Crippen LogP contribution is -2.47. The number of carbonyl (C=O) groups excluding carboxylic acids is 3. The predicted molar refractivity (Wildman–Crippen MR) is 136 cm³/mol. The van der Waals surface area contributed by atoms with Crippen molar-refractivity contribution in [1.82, 2.24) is 5.32 Å². The summed E-state index contributed by atoms with van der Waals surface area (Å²) in [5.41, 5.74) is 3.55.